The average molecular weight is 289 g/mol. The van der Waals surface area contributed by atoms with Gasteiger partial charge in [0.2, 0.25) is 0 Å². The summed E-state index contributed by atoms with van der Waals surface area (Å²) >= 11 is 5.79. The highest BCUT2D eigenvalue weighted by Gasteiger charge is 2.05. The van der Waals surface area contributed by atoms with E-state index in [2.05, 4.69) is 30.7 Å². The number of aromatic nitrogens is 4. The summed E-state index contributed by atoms with van der Waals surface area (Å²) in [7, 11) is 0. The number of nitrogens with zero attached hydrogens (tertiary/aromatic N) is 3. The summed E-state index contributed by atoms with van der Waals surface area (Å²) in [6, 6.07) is 7.20. The van der Waals surface area contributed by atoms with E-state index in [1.165, 1.54) is 0 Å². The molecule has 3 N–H and O–H groups in total. The van der Waals surface area contributed by atoms with Crippen molar-refractivity contribution in [3.63, 3.8) is 0 Å². The molecule has 3 rings (SSSR count). The lowest BCUT2D eigenvalue weighted by molar-refractivity contribution is 1.06. The second-order valence-electron chi connectivity index (χ2n) is 3.97. The van der Waals surface area contributed by atoms with Crippen molar-refractivity contribution in [2.24, 2.45) is 5.10 Å². The highest BCUT2D eigenvalue weighted by atomic mass is 35.5. The molecule has 0 saturated carbocycles. The number of halogens is 1. The second kappa shape index (κ2) is 5.14. The molecule has 3 aromatic rings. The van der Waals surface area contributed by atoms with Crippen molar-refractivity contribution in [1.82, 2.24) is 20.2 Å². The minimum absolute atomic E-state index is 0.401. The van der Waals surface area contributed by atoms with E-state index < -0.39 is 5.69 Å². The van der Waals surface area contributed by atoms with Gasteiger partial charge in [-0.15, -0.1) is 0 Å². The first-order chi connectivity index (χ1) is 9.72. The van der Waals surface area contributed by atoms with Crippen molar-refractivity contribution in [2.45, 2.75) is 0 Å². The van der Waals surface area contributed by atoms with Gasteiger partial charge < -0.3 is 0 Å². The first-order valence-corrected chi connectivity index (χ1v) is 6.08. The number of aromatic amines is 2. The number of benzene rings is 1. The van der Waals surface area contributed by atoms with Crippen molar-refractivity contribution in [3.05, 3.63) is 51.5 Å². The molecule has 20 heavy (non-hydrogen) atoms. The van der Waals surface area contributed by atoms with Crippen LogP contribution in [0.15, 0.2) is 40.4 Å². The van der Waals surface area contributed by atoms with Crippen LogP contribution in [0.1, 0.15) is 5.56 Å². The van der Waals surface area contributed by atoms with Crippen LogP contribution in [0.3, 0.4) is 0 Å². The maximum Gasteiger partial charge on any atom is 0.348 e. The van der Waals surface area contributed by atoms with Gasteiger partial charge in [-0.25, -0.2) is 4.79 Å². The fourth-order valence-corrected chi connectivity index (χ4v) is 1.79. The zero-order valence-corrected chi connectivity index (χ0v) is 10.8. The van der Waals surface area contributed by atoms with E-state index in [9.17, 15) is 4.79 Å². The number of hydrogen-bond acceptors (Lipinski definition) is 5. The lowest BCUT2D eigenvalue weighted by Gasteiger charge is -2.00. The van der Waals surface area contributed by atoms with Crippen LogP contribution in [0.2, 0.25) is 5.02 Å². The lowest BCUT2D eigenvalue weighted by atomic mass is 10.2. The third-order valence-corrected chi connectivity index (χ3v) is 2.85. The summed E-state index contributed by atoms with van der Waals surface area (Å²) in [5, 5.41) is 11.8. The van der Waals surface area contributed by atoms with E-state index in [4.69, 9.17) is 11.6 Å². The quantitative estimate of drug-likeness (QED) is 0.505. The Bertz CT molecular complexity index is 820. The van der Waals surface area contributed by atoms with E-state index in [0.29, 0.717) is 21.9 Å². The molecule has 0 atom stereocenters. The Hall–Kier alpha value is -2.67. The zero-order valence-electron chi connectivity index (χ0n) is 10.1. The van der Waals surface area contributed by atoms with E-state index in [-0.39, 0.29) is 0 Å². The SMILES string of the molecule is O=c1nc2[nH]ncc2c(NN=Cc2ccc(Cl)cc2)[nH]1. The molecule has 0 aliphatic rings. The maximum absolute atomic E-state index is 11.4. The molecule has 0 fully saturated rings. The number of hydrazone groups is 1. The van der Waals surface area contributed by atoms with Crippen molar-refractivity contribution in [3.8, 4) is 0 Å². The van der Waals surface area contributed by atoms with Gasteiger partial charge in [0.05, 0.1) is 17.8 Å². The van der Waals surface area contributed by atoms with Crippen molar-refractivity contribution < 1.29 is 0 Å². The number of nitrogens with one attached hydrogen (secondary N) is 3. The third-order valence-electron chi connectivity index (χ3n) is 2.59. The largest absolute Gasteiger partial charge is 0.348 e. The van der Waals surface area contributed by atoms with Crippen LogP contribution in [0.5, 0.6) is 0 Å². The molecular weight excluding hydrogens is 280 g/mol. The Morgan fingerprint density at radius 3 is 2.90 bits per heavy atom. The fraction of sp³-hybridized carbons (Fsp3) is 0. The van der Waals surface area contributed by atoms with Crippen LogP contribution in [0, 0.1) is 0 Å². The highest BCUT2D eigenvalue weighted by molar-refractivity contribution is 6.30. The van der Waals surface area contributed by atoms with Crippen molar-refractivity contribution >= 4 is 34.7 Å². The Morgan fingerprint density at radius 2 is 2.10 bits per heavy atom. The standard InChI is InChI=1S/C12H9ClN6O/c13-8-3-1-7(2-4-8)5-14-18-10-9-6-15-19-11(9)17-12(20)16-10/h1-6H,(H3,15,16,17,18,19,20). The summed E-state index contributed by atoms with van der Waals surface area (Å²) in [4.78, 5) is 17.6. The molecule has 0 aliphatic carbocycles. The molecule has 8 heteroatoms. The number of anilines is 1. The Labute approximate surface area is 117 Å². The molecule has 0 radical (unpaired) electrons. The molecule has 2 heterocycles. The highest BCUT2D eigenvalue weighted by Crippen LogP contribution is 2.14. The predicted octanol–water partition coefficient (Wildman–Crippen LogP) is 1.75. The van der Waals surface area contributed by atoms with Gasteiger partial charge in [-0.2, -0.15) is 15.2 Å². The molecule has 0 unspecified atom stereocenters. The van der Waals surface area contributed by atoms with Gasteiger partial charge in [0, 0.05) is 5.02 Å². The van der Waals surface area contributed by atoms with E-state index >= 15 is 0 Å². The molecule has 7 nitrogen and oxygen atoms in total. The molecular formula is C12H9ClN6O. The molecule has 2 aromatic heterocycles. The lowest BCUT2D eigenvalue weighted by Crippen LogP contribution is -2.12. The minimum atomic E-state index is -0.481. The number of rotatable bonds is 3. The van der Waals surface area contributed by atoms with Crippen LogP contribution < -0.4 is 11.1 Å². The third kappa shape index (κ3) is 2.52. The smallest absolute Gasteiger partial charge is 0.290 e. The summed E-state index contributed by atoms with van der Waals surface area (Å²) < 4.78 is 0. The summed E-state index contributed by atoms with van der Waals surface area (Å²) in [5.41, 5.74) is 3.56. The molecule has 0 saturated heterocycles. The van der Waals surface area contributed by atoms with Gasteiger partial charge in [-0.3, -0.25) is 15.5 Å². The van der Waals surface area contributed by atoms with Gasteiger partial charge in [0.15, 0.2) is 5.65 Å². The Morgan fingerprint density at radius 1 is 1.30 bits per heavy atom. The van der Waals surface area contributed by atoms with Gasteiger partial charge in [-0.05, 0) is 17.7 Å². The maximum atomic E-state index is 11.4. The van der Waals surface area contributed by atoms with Gasteiger partial charge in [0.1, 0.15) is 5.82 Å². The number of fused-ring (bicyclic) bond motifs is 1. The first-order valence-electron chi connectivity index (χ1n) is 5.70. The van der Waals surface area contributed by atoms with E-state index in [0.717, 1.165) is 5.56 Å². The average Bonchev–Trinajstić information content (AvgIpc) is 2.89. The van der Waals surface area contributed by atoms with Crippen molar-refractivity contribution in [2.75, 3.05) is 5.43 Å². The molecule has 0 amide bonds. The number of H-pyrrole nitrogens is 2. The molecule has 0 spiro atoms. The summed E-state index contributed by atoms with van der Waals surface area (Å²) in [6.45, 7) is 0. The van der Waals surface area contributed by atoms with Crippen LogP contribution in [-0.4, -0.2) is 26.4 Å². The van der Waals surface area contributed by atoms with Crippen LogP contribution in [0.25, 0.3) is 11.0 Å². The topological polar surface area (TPSA) is 98.8 Å². The minimum Gasteiger partial charge on any atom is -0.290 e. The van der Waals surface area contributed by atoms with Crippen LogP contribution in [0.4, 0.5) is 5.82 Å². The number of hydrogen-bond donors (Lipinski definition) is 3. The first kappa shape index (κ1) is 12.4. The fourth-order valence-electron chi connectivity index (χ4n) is 1.66. The van der Waals surface area contributed by atoms with Crippen LogP contribution >= 0.6 is 11.6 Å². The predicted molar refractivity (Wildman–Crippen MR) is 77.2 cm³/mol. The monoisotopic (exact) mass is 288 g/mol. The van der Waals surface area contributed by atoms with Gasteiger partial charge in [0.25, 0.3) is 0 Å². The molecule has 0 bridgehead atoms. The Balaban J connectivity index is 1.84. The van der Waals surface area contributed by atoms with E-state index in [1.54, 1.807) is 24.5 Å². The molecule has 0 aliphatic heterocycles. The molecule has 100 valence electrons. The van der Waals surface area contributed by atoms with E-state index in [1.807, 2.05) is 12.1 Å². The van der Waals surface area contributed by atoms with Crippen molar-refractivity contribution in [1.29, 1.82) is 0 Å². The summed E-state index contributed by atoms with van der Waals surface area (Å²) in [5.74, 6) is 0.430. The molecule has 1 aromatic carbocycles. The second-order valence-corrected chi connectivity index (χ2v) is 4.41. The normalized spacial score (nSPS) is 11.2. The zero-order chi connectivity index (χ0) is 13.9. The van der Waals surface area contributed by atoms with Crippen LogP contribution in [-0.2, 0) is 0 Å². The van der Waals surface area contributed by atoms with Gasteiger partial charge >= 0.3 is 5.69 Å². The van der Waals surface area contributed by atoms with Gasteiger partial charge in [-0.1, -0.05) is 23.7 Å². The summed E-state index contributed by atoms with van der Waals surface area (Å²) in [6.07, 6.45) is 3.17. The Kier molecular flexibility index (Phi) is 3.18.